The second kappa shape index (κ2) is 5.84. The van der Waals surface area contributed by atoms with Crippen molar-refractivity contribution in [2.45, 2.75) is 16.7 Å². The highest BCUT2D eigenvalue weighted by atomic mass is 32.2. The maximum atomic E-state index is 12.7. The number of nitrogens with zero attached hydrogens (tertiary/aromatic N) is 1. The first-order chi connectivity index (χ1) is 10.9. The van der Waals surface area contributed by atoms with Gasteiger partial charge in [0.15, 0.2) is 0 Å². The van der Waals surface area contributed by atoms with Crippen LogP contribution in [-0.2, 0) is 21.2 Å². The van der Waals surface area contributed by atoms with E-state index in [2.05, 4.69) is 10.7 Å². The molecule has 1 atom stereocenters. The predicted octanol–water partition coefficient (Wildman–Crippen LogP) is 0.900. The van der Waals surface area contributed by atoms with Gasteiger partial charge in [0.25, 0.3) is 15.9 Å². The van der Waals surface area contributed by atoms with Crippen LogP contribution in [0.4, 0.5) is 11.4 Å². The normalized spacial score (nSPS) is 16.5. The van der Waals surface area contributed by atoms with E-state index < -0.39 is 16.1 Å². The van der Waals surface area contributed by atoms with Crippen molar-refractivity contribution in [1.82, 2.24) is 5.43 Å². The molecule has 3 rings (SSSR count). The number of benzene rings is 1. The van der Waals surface area contributed by atoms with Gasteiger partial charge in [0, 0.05) is 13.5 Å². The molecule has 0 fully saturated rings. The molecule has 2 heterocycles. The summed E-state index contributed by atoms with van der Waals surface area (Å²) in [6, 6.07) is 8.10. The van der Waals surface area contributed by atoms with E-state index in [4.69, 9.17) is 5.84 Å². The summed E-state index contributed by atoms with van der Waals surface area (Å²) < 4.78 is 26.8. The summed E-state index contributed by atoms with van der Waals surface area (Å²) in [5, 5.41) is 4.78. The van der Waals surface area contributed by atoms with Gasteiger partial charge in [-0.05, 0) is 23.1 Å². The van der Waals surface area contributed by atoms with E-state index in [0.29, 0.717) is 17.8 Å². The second-order valence-corrected chi connectivity index (χ2v) is 8.27. The lowest BCUT2D eigenvalue weighted by atomic mass is 10.1. The first kappa shape index (κ1) is 15.8. The molecule has 0 saturated carbocycles. The Balaban J connectivity index is 1.98. The second-order valence-electron chi connectivity index (χ2n) is 5.13. The number of amides is 1. The molecule has 1 aliphatic rings. The molecular formula is C14H16N4O3S2. The maximum absolute atomic E-state index is 12.7. The van der Waals surface area contributed by atoms with E-state index in [1.165, 1.54) is 11.4 Å². The molecule has 0 saturated heterocycles. The van der Waals surface area contributed by atoms with Crippen LogP contribution in [-0.4, -0.2) is 27.4 Å². The minimum atomic E-state index is -3.63. The SMILES string of the molecule is CN(c1cccc2c1NC(C(=O)NN)C2)S(=O)(=O)c1cccs1. The summed E-state index contributed by atoms with van der Waals surface area (Å²) in [6.45, 7) is 0. The summed E-state index contributed by atoms with van der Waals surface area (Å²) >= 11 is 1.16. The number of carbonyl (C=O) groups excluding carboxylic acids is 1. The average molecular weight is 352 g/mol. The number of hydrazine groups is 1. The number of anilines is 2. The molecule has 0 radical (unpaired) electrons. The third-order valence-corrected chi connectivity index (χ3v) is 6.92. The topological polar surface area (TPSA) is 105 Å². The Morgan fingerprint density at radius 2 is 2.17 bits per heavy atom. The van der Waals surface area contributed by atoms with Gasteiger partial charge in [0.2, 0.25) is 0 Å². The molecule has 0 aliphatic carbocycles. The Bertz CT molecular complexity index is 834. The summed E-state index contributed by atoms with van der Waals surface area (Å²) in [7, 11) is -2.12. The number of fused-ring (bicyclic) bond motifs is 1. The Hall–Kier alpha value is -2.10. The van der Waals surface area contributed by atoms with Gasteiger partial charge in [0.1, 0.15) is 10.3 Å². The van der Waals surface area contributed by atoms with Crippen molar-refractivity contribution in [3.05, 3.63) is 41.3 Å². The zero-order valence-corrected chi connectivity index (χ0v) is 13.9. The molecule has 1 unspecified atom stereocenters. The molecule has 1 aromatic carbocycles. The van der Waals surface area contributed by atoms with Crippen molar-refractivity contribution in [2.75, 3.05) is 16.7 Å². The first-order valence-corrected chi connectivity index (χ1v) is 9.18. The number of rotatable bonds is 4. The molecule has 4 N–H and O–H groups in total. The molecule has 7 nitrogen and oxygen atoms in total. The molecular weight excluding hydrogens is 336 g/mol. The van der Waals surface area contributed by atoms with Gasteiger partial charge in [-0.1, -0.05) is 18.2 Å². The lowest BCUT2D eigenvalue weighted by Crippen LogP contribution is -2.42. The molecule has 0 spiro atoms. The van der Waals surface area contributed by atoms with Crippen LogP contribution in [0.25, 0.3) is 0 Å². The van der Waals surface area contributed by atoms with Crippen LogP contribution in [0.15, 0.2) is 39.9 Å². The van der Waals surface area contributed by atoms with Crippen molar-refractivity contribution >= 4 is 38.6 Å². The number of sulfonamides is 1. The van der Waals surface area contributed by atoms with Crippen molar-refractivity contribution in [3.63, 3.8) is 0 Å². The fourth-order valence-corrected chi connectivity index (χ4v) is 4.93. The molecule has 0 bridgehead atoms. The predicted molar refractivity (Wildman–Crippen MR) is 89.8 cm³/mol. The Kier molecular flexibility index (Phi) is 4.00. The zero-order chi connectivity index (χ0) is 16.6. The Labute approximate surface area is 138 Å². The van der Waals surface area contributed by atoms with Gasteiger partial charge in [-0.15, -0.1) is 11.3 Å². The third kappa shape index (κ3) is 2.67. The maximum Gasteiger partial charge on any atom is 0.273 e. The highest BCUT2D eigenvalue weighted by molar-refractivity contribution is 7.94. The minimum absolute atomic E-state index is 0.270. The van der Waals surface area contributed by atoms with Crippen LogP contribution < -0.4 is 20.9 Å². The van der Waals surface area contributed by atoms with E-state index in [9.17, 15) is 13.2 Å². The number of hydrogen-bond acceptors (Lipinski definition) is 6. The van der Waals surface area contributed by atoms with E-state index in [1.807, 2.05) is 6.07 Å². The van der Waals surface area contributed by atoms with Gasteiger partial charge in [-0.2, -0.15) is 0 Å². The number of nitrogens with two attached hydrogens (primary N) is 1. The fraction of sp³-hybridized carbons (Fsp3) is 0.214. The van der Waals surface area contributed by atoms with Crippen molar-refractivity contribution in [3.8, 4) is 0 Å². The number of carbonyl (C=O) groups is 1. The number of thiophene rings is 1. The van der Waals surface area contributed by atoms with Crippen LogP contribution in [0.1, 0.15) is 5.56 Å². The summed E-state index contributed by atoms with van der Waals surface area (Å²) in [6.07, 6.45) is 0.457. The molecule has 23 heavy (non-hydrogen) atoms. The third-order valence-electron chi connectivity index (χ3n) is 3.78. The Morgan fingerprint density at radius 1 is 1.39 bits per heavy atom. The highest BCUT2D eigenvalue weighted by Crippen LogP contribution is 2.37. The lowest BCUT2D eigenvalue weighted by Gasteiger charge is -2.21. The lowest BCUT2D eigenvalue weighted by molar-refractivity contribution is -0.121. The first-order valence-electron chi connectivity index (χ1n) is 6.86. The summed E-state index contributed by atoms with van der Waals surface area (Å²) in [5.74, 6) is 4.84. The van der Waals surface area contributed by atoms with Crippen LogP contribution in [0.5, 0.6) is 0 Å². The van der Waals surface area contributed by atoms with Crippen LogP contribution in [0.3, 0.4) is 0 Å². The van der Waals surface area contributed by atoms with Gasteiger partial charge < -0.3 is 5.32 Å². The smallest absolute Gasteiger partial charge is 0.273 e. The highest BCUT2D eigenvalue weighted by Gasteiger charge is 2.31. The number of hydrogen-bond donors (Lipinski definition) is 3. The van der Waals surface area contributed by atoms with Crippen LogP contribution >= 0.6 is 11.3 Å². The van der Waals surface area contributed by atoms with Gasteiger partial charge in [0.05, 0.1) is 11.4 Å². The number of para-hydroxylation sites is 1. The Morgan fingerprint density at radius 3 is 2.83 bits per heavy atom. The van der Waals surface area contributed by atoms with Gasteiger partial charge in [-0.25, -0.2) is 14.3 Å². The fourth-order valence-electron chi connectivity index (χ4n) is 2.56. The standard InChI is InChI=1S/C14H16N4O3S2/c1-18(23(20,21)12-6-3-7-22-12)11-5-2-4-9-8-10(14(19)17-15)16-13(9)11/h2-7,10,16H,8,15H2,1H3,(H,17,19). The van der Waals surface area contributed by atoms with E-state index >= 15 is 0 Å². The van der Waals surface area contributed by atoms with Crippen molar-refractivity contribution in [2.24, 2.45) is 5.84 Å². The van der Waals surface area contributed by atoms with Gasteiger partial charge >= 0.3 is 0 Å². The van der Waals surface area contributed by atoms with E-state index in [0.717, 1.165) is 16.9 Å². The van der Waals surface area contributed by atoms with E-state index in [1.54, 1.807) is 29.6 Å². The molecule has 122 valence electrons. The number of nitrogens with one attached hydrogen (secondary N) is 2. The van der Waals surface area contributed by atoms with E-state index in [-0.39, 0.29) is 10.1 Å². The van der Waals surface area contributed by atoms with Gasteiger partial charge in [-0.3, -0.25) is 14.5 Å². The molecule has 1 aromatic heterocycles. The monoisotopic (exact) mass is 352 g/mol. The largest absolute Gasteiger partial charge is 0.371 e. The summed E-state index contributed by atoms with van der Waals surface area (Å²) in [4.78, 5) is 11.7. The summed E-state index contributed by atoms with van der Waals surface area (Å²) in [5.41, 5.74) is 4.14. The van der Waals surface area contributed by atoms with Crippen LogP contribution in [0, 0.1) is 0 Å². The molecule has 2 aromatic rings. The molecule has 1 amide bonds. The van der Waals surface area contributed by atoms with Crippen LogP contribution in [0.2, 0.25) is 0 Å². The van der Waals surface area contributed by atoms with Crippen molar-refractivity contribution in [1.29, 1.82) is 0 Å². The quantitative estimate of drug-likeness (QED) is 0.431. The molecule has 1 aliphatic heterocycles. The van der Waals surface area contributed by atoms with Crippen molar-refractivity contribution < 1.29 is 13.2 Å². The zero-order valence-electron chi connectivity index (χ0n) is 12.3. The molecule has 9 heteroatoms. The average Bonchev–Trinajstić information content (AvgIpc) is 3.21. The minimum Gasteiger partial charge on any atom is -0.371 e.